The number of carbonyl (C=O) groups is 1. The minimum atomic E-state index is -0.310. The quantitative estimate of drug-likeness (QED) is 0.721. The predicted molar refractivity (Wildman–Crippen MR) is 88.7 cm³/mol. The SMILES string of the molecule is C[C@@H]1[C@@H](O)CC[C@]2(C)[C@H]3CC[C@]4(C)[C@@H](O)CC[C@H]4[C@@H]3CC(=O)[C@@H]12. The van der Waals surface area contributed by atoms with Gasteiger partial charge in [-0.2, -0.15) is 0 Å². The van der Waals surface area contributed by atoms with E-state index in [4.69, 9.17) is 0 Å². The minimum Gasteiger partial charge on any atom is -0.393 e. The molecule has 0 aliphatic heterocycles. The van der Waals surface area contributed by atoms with Crippen LogP contribution in [0.15, 0.2) is 0 Å². The van der Waals surface area contributed by atoms with Gasteiger partial charge in [-0.05, 0) is 73.0 Å². The Kier molecular flexibility index (Phi) is 3.53. The maximum absolute atomic E-state index is 13.0. The Bertz CT molecular complexity index is 517. The molecule has 4 saturated carbocycles. The second-order valence-corrected chi connectivity index (χ2v) is 9.63. The zero-order valence-electron chi connectivity index (χ0n) is 14.8. The summed E-state index contributed by atoms with van der Waals surface area (Å²) >= 11 is 0. The van der Waals surface area contributed by atoms with Gasteiger partial charge in [0.1, 0.15) is 5.78 Å². The molecule has 0 aromatic heterocycles. The summed E-state index contributed by atoms with van der Waals surface area (Å²) in [6.07, 6.45) is 6.29. The molecule has 4 aliphatic rings. The molecular formula is C20H32O3. The van der Waals surface area contributed by atoms with Crippen molar-refractivity contribution in [2.24, 2.45) is 40.4 Å². The third-order valence-electron chi connectivity index (χ3n) is 8.84. The summed E-state index contributed by atoms with van der Waals surface area (Å²) < 4.78 is 0. The highest BCUT2D eigenvalue weighted by Crippen LogP contribution is 2.66. The fraction of sp³-hybridized carbons (Fsp3) is 0.950. The van der Waals surface area contributed by atoms with Gasteiger partial charge in [-0.1, -0.05) is 20.8 Å². The first kappa shape index (κ1) is 16.1. The third kappa shape index (κ3) is 1.99. The molecule has 0 heterocycles. The lowest BCUT2D eigenvalue weighted by atomic mass is 9.43. The molecule has 4 rings (SSSR count). The summed E-state index contributed by atoms with van der Waals surface area (Å²) in [5, 5.41) is 20.8. The van der Waals surface area contributed by atoms with Crippen molar-refractivity contribution < 1.29 is 15.0 Å². The van der Waals surface area contributed by atoms with E-state index in [0.29, 0.717) is 30.0 Å². The highest BCUT2D eigenvalue weighted by Gasteiger charge is 2.63. The van der Waals surface area contributed by atoms with Crippen molar-refractivity contribution in [1.29, 1.82) is 0 Å². The Morgan fingerprint density at radius 3 is 2.35 bits per heavy atom. The summed E-state index contributed by atoms with van der Waals surface area (Å²) in [6.45, 7) is 6.68. The number of Topliss-reactive ketones (excluding diaryl/α,β-unsaturated/α-hetero) is 1. The number of fused-ring (bicyclic) bond motifs is 5. The van der Waals surface area contributed by atoms with Crippen molar-refractivity contribution in [3.05, 3.63) is 0 Å². The van der Waals surface area contributed by atoms with E-state index in [1.54, 1.807) is 0 Å². The molecule has 0 unspecified atom stereocenters. The molecule has 2 N–H and O–H groups in total. The Balaban J connectivity index is 1.70. The van der Waals surface area contributed by atoms with Crippen LogP contribution in [0, 0.1) is 40.4 Å². The van der Waals surface area contributed by atoms with Crippen LogP contribution in [0.5, 0.6) is 0 Å². The summed E-state index contributed by atoms with van der Waals surface area (Å²) in [5.74, 6) is 2.12. The van der Waals surface area contributed by atoms with Crippen molar-refractivity contribution >= 4 is 5.78 Å². The molecular weight excluding hydrogens is 288 g/mol. The van der Waals surface area contributed by atoms with Crippen LogP contribution in [0.3, 0.4) is 0 Å². The van der Waals surface area contributed by atoms with Crippen LogP contribution in [0.4, 0.5) is 0 Å². The van der Waals surface area contributed by atoms with Crippen LogP contribution in [0.25, 0.3) is 0 Å². The molecule has 9 atom stereocenters. The molecule has 0 radical (unpaired) electrons. The molecule has 3 nitrogen and oxygen atoms in total. The molecule has 4 aliphatic carbocycles. The molecule has 0 aromatic carbocycles. The van der Waals surface area contributed by atoms with Gasteiger partial charge in [0.05, 0.1) is 12.2 Å². The Morgan fingerprint density at radius 1 is 0.957 bits per heavy atom. The molecule has 130 valence electrons. The van der Waals surface area contributed by atoms with Crippen LogP contribution >= 0.6 is 0 Å². The number of rotatable bonds is 0. The van der Waals surface area contributed by atoms with Gasteiger partial charge in [0.25, 0.3) is 0 Å². The number of aliphatic hydroxyl groups excluding tert-OH is 2. The summed E-state index contributed by atoms with van der Waals surface area (Å²) in [6, 6.07) is 0. The molecule has 0 amide bonds. The molecule has 0 aromatic rings. The van der Waals surface area contributed by atoms with E-state index < -0.39 is 0 Å². The van der Waals surface area contributed by atoms with E-state index in [1.165, 1.54) is 0 Å². The number of hydrogen-bond acceptors (Lipinski definition) is 3. The first-order chi connectivity index (χ1) is 10.8. The minimum absolute atomic E-state index is 0.0322. The van der Waals surface area contributed by atoms with Gasteiger partial charge in [0.2, 0.25) is 0 Å². The topological polar surface area (TPSA) is 57.5 Å². The van der Waals surface area contributed by atoms with Gasteiger partial charge < -0.3 is 10.2 Å². The summed E-state index contributed by atoms with van der Waals surface area (Å²) in [4.78, 5) is 13.0. The van der Waals surface area contributed by atoms with Crippen molar-refractivity contribution in [3.8, 4) is 0 Å². The summed E-state index contributed by atoms with van der Waals surface area (Å²) in [5.41, 5.74) is 0.0952. The lowest BCUT2D eigenvalue weighted by Crippen LogP contribution is -2.59. The zero-order chi connectivity index (χ0) is 16.6. The number of carbonyl (C=O) groups excluding carboxylic acids is 1. The van der Waals surface area contributed by atoms with E-state index in [9.17, 15) is 15.0 Å². The van der Waals surface area contributed by atoms with Crippen LogP contribution in [-0.4, -0.2) is 28.2 Å². The van der Waals surface area contributed by atoms with Gasteiger partial charge in [-0.15, -0.1) is 0 Å². The second kappa shape index (κ2) is 5.05. The van der Waals surface area contributed by atoms with Gasteiger partial charge in [-0.3, -0.25) is 4.79 Å². The Labute approximate surface area is 139 Å². The fourth-order valence-corrected chi connectivity index (χ4v) is 7.50. The molecule has 0 spiro atoms. The molecule has 23 heavy (non-hydrogen) atoms. The van der Waals surface area contributed by atoms with E-state index in [-0.39, 0.29) is 34.9 Å². The van der Waals surface area contributed by atoms with E-state index in [0.717, 1.165) is 38.5 Å². The van der Waals surface area contributed by atoms with Crippen molar-refractivity contribution in [2.45, 2.75) is 77.9 Å². The van der Waals surface area contributed by atoms with Gasteiger partial charge in [0, 0.05) is 12.3 Å². The maximum atomic E-state index is 13.0. The van der Waals surface area contributed by atoms with E-state index in [2.05, 4.69) is 20.8 Å². The normalized spacial score (nSPS) is 59.2. The number of ketones is 1. The van der Waals surface area contributed by atoms with Crippen molar-refractivity contribution in [3.63, 3.8) is 0 Å². The standard InChI is InChI=1S/C20H32O3/c1-11-15(21)7-9-20(3)14-6-8-19(2)13(4-5-17(19)23)12(14)10-16(22)18(11)20/h11-15,17-18,21,23H,4-10H2,1-3H3/t11-,12+,13+,14+,15+,17+,18-,19+,20-/m1/s1. The van der Waals surface area contributed by atoms with Crippen LogP contribution in [0.2, 0.25) is 0 Å². The van der Waals surface area contributed by atoms with Crippen LogP contribution in [-0.2, 0) is 4.79 Å². The monoisotopic (exact) mass is 320 g/mol. The third-order valence-corrected chi connectivity index (χ3v) is 8.84. The summed E-state index contributed by atoms with van der Waals surface area (Å²) in [7, 11) is 0. The lowest BCUT2D eigenvalue weighted by Gasteiger charge is -2.61. The van der Waals surface area contributed by atoms with Crippen LogP contribution in [0.1, 0.15) is 65.7 Å². The largest absolute Gasteiger partial charge is 0.393 e. The molecule has 0 saturated heterocycles. The first-order valence-electron chi connectivity index (χ1n) is 9.68. The molecule has 0 bridgehead atoms. The smallest absolute Gasteiger partial charge is 0.137 e. The van der Waals surface area contributed by atoms with Gasteiger partial charge >= 0.3 is 0 Å². The second-order valence-electron chi connectivity index (χ2n) is 9.63. The number of hydrogen-bond donors (Lipinski definition) is 2. The van der Waals surface area contributed by atoms with E-state index >= 15 is 0 Å². The average molecular weight is 320 g/mol. The van der Waals surface area contributed by atoms with E-state index in [1.807, 2.05) is 0 Å². The highest BCUT2D eigenvalue weighted by atomic mass is 16.3. The molecule has 4 fully saturated rings. The highest BCUT2D eigenvalue weighted by molar-refractivity contribution is 5.83. The predicted octanol–water partition coefficient (Wildman–Crippen LogP) is 3.18. The van der Waals surface area contributed by atoms with Crippen molar-refractivity contribution in [1.82, 2.24) is 0 Å². The van der Waals surface area contributed by atoms with Gasteiger partial charge in [-0.25, -0.2) is 0 Å². The molecule has 3 heteroatoms. The first-order valence-corrected chi connectivity index (χ1v) is 9.68. The Hall–Kier alpha value is -0.410. The lowest BCUT2D eigenvalue weighted by molar-refractivity contribution is -0.170. The maximum Gasteiger partial charge on any atom is 0.137 e. The van der Waals surface area contributed by atoms with Crippen molar-refractivity contribution in [2.75, 3.05) is 0 Å². The zero-order valence-corrected chi connectivity index (χ0v) is 14.8. The fourth-order valence-electron chi connectivity index (χ4n) is 7.50. The van der Waals surface area contributed by atoms with Gasteiger partial charge in [0.15, 0.2) is 0 Å². The Morgan fingerprint density at radius 2 is 1.61 bits per heavy atom. The number of aliphatic hydroxyl groups is 2. The van der Waals surface area contributed by atoms with Crippen LogP contribution < -0.4 is 0 Å². The average Bonchev–Trinajstić information content (AvgIpc) is 2.79.